The maximum Gasteiger partial charge on any atom is 0.306 e. The van der Waals surface area contributed by atoms with Crippen LogP contribution in [0.1, 0.15) is 71.6 Å². The average Bonchev–Trinajstić information content (AvgIpc) is 2.53. The molecule has 0 unspecified atom stereocenters. The van der Waals surface area contributed by atoms with Gasteiger partial charge >= 0.3 is 5.97 Å². The fourth-order valence-electron chi connectivity index (χ4n) is 5.14. The van der Waals surface area contributed by atoms with Crippen LogP contribution in [0.15, 0.2) is 0 Å². The summed E-state index contributed by atoms with van der Waals surface area (Å²) in [7, 11) is 0. The van der Waals surface area contributed by atoms with Crippen LogP contribution >= 0.6 is 0 Å². The molecule has 23 heavy (non-hydrogen) atoms. The Kier molecular flexibility index (Phi) is 4.98. The molecule has 1 heterocycles. The third kappa shape index (κ3) is 3.89. The summed E-state index contributed by atoms with van der Waals surface area (Å²) >= 11 is 0. The normalized spacial score (nSPS) is 35.0. The summed E-state index contributed by atoms with van der Waals surface area (Å²) in [6.45, 7) is 5.66. The molecule has 0 spiro atoms. The number of carbonyl (C=O) groups excluding carboxylic acids is 2. The van der Waals surface area contributed by atoms with Crippen LogP contribution in [0.2, 0.25) is 0 Å². The molecule has 1 saturated heterocycles. The molecule has 1 aliphatic heterocycles. The van der Waals surface area contributed by atoms with E-state index in [4.69, 9.17) is 4.74 Å². The molecule has 3 fully saturated rings. The number of carbonyl (C=O) groups is 2. The van der Waals surface area contributed by atoms with E-state index >= 15 is 0 Å². The zero-order valence-corrected chi connectivity index (χ0v) is 14.7. The summed E-state index contributed by atoms with van der Waals surface area (Å²) in [4.78, 5) is 26.6. The molecule has 130 valence electrons. The first-order valence-electron chi connectivity index (χ1n) is 9.49. The highest BCUT2D eigenvalue weighted by Crippen LogP contribution is 2.43. The highest BCUT2D eigenvalue weighted by molar-refractivity contribution is 5.79. The van der Waals surface area contributed by atoms with E-state index in [2.05, 4.69) is 11.8 Å². The van der Waals surface area contributed by atoms with E-state index in [0.717, 1.165) is 38.8 Å². The highest BCUT2D eigenvalue weighted by atomic mass is 16.6. The molecule has 0 N–H and O–H groups in total. The van der Waals surface area contributed by atoms with Gasteiger partial charge in [0.2, 0.25) is 5.91 Å². The van der Waals surface area contributed by atoms with Gasteiger partial charge in [-0.2, -0.15) is 0 Å². The zero-order chi connectivity index (χ0) is 16.4. The minimum absolute atomic E-state index is 0.0948. The van der Waals surface area contributed by atoms with Gasteiger partial charge in [-0.25, -0.2) is 0 Å². The molecule has 2 aliphatic carbocycles. The van der Waals surface area contributed by atoms with Crippen LogP contribution < -0.4 is 0 Å². The van der Waals surface area contributed by atoms with Gasteiger partial charge in [0.1, 0.15) is 5.60 Å². The SMILES string of the molecule is CCC(=O)OC1(C)C[C@H]2C[C@@H](CN(C(=O)C3CCCCC3)C2)C1. The Balaban J connectivity index is 1.60. The first-order chi connectivity index (χ1) is 11.0. The van der Waals surface area contributed by atoms with Crippen LogP contribution in [0.25, 0.3) is 0 Å². The standard InChI is InChI=1S/C19H31NO3/c1-3-17(21)23-19(2)10-14-9-15(11-19)13-20(12-14)18(22)16-7-5-4-6-8-16/h14-16H,3-13H2,1-2H3/t14-,15-/m1/s1. The van der Waals surface area contributed by atoms with Crippen molar-refractivity contribution in [3.63, 3.8) is 0 Å². The van der Waals surface area contributed by atoms with Crippen LogP contribution in [0, 0.1) is 17.8 Å². The molecule has 1 amide bonds. The predicted molar refractivity (Wildman–Crippen MR) is 88.8 cm³/mol. The molecule has 3 aliphatic rings. The van der Waals surface area contributed by atoms with Crippen LogP contribution in [0.5, 0.6) is 0 Å². The largest absolute Gasteiger partial charge is 0.459 e. The molecule has 4 heteroatoms. The molecule has 2 bridgehead atoms. The van der Waals surface area contributed by atoms with Gasteiger partial charge in [0.15, 0.2) is 0 Å². The van der Waals surface area contributed by atoms with Gasteiger partial charge in [-0.1, -0.05) is 26.2 Å². The smallest absolute Gasteiger partial charge is 0.306 e. The summed E-state index contributed by atoms with van der Waals surface area (Å²) in [6.07, 6.45) is 9.31. The first kappa shape index (κ1) is 16.8. The summed E-state index contributed by atoms with van der Waals surface area (Å²) < 4.78 is 5.73. The van der Waals surface area contributed by atoms with Gasteiger partial charge in [0.25, 0.3) is 0 Å². The van der Waals surface area contributed by atoms with E-state index in [-0.39, 0.29) is 17.5 Å². The molecule has 0 radical (unpaired) electrons. The van der Waals surface area contributed by atoms with Crippen molar-refractivity contribution in [2.24, 2.45) is 17.8 Å². The number of esters is 1. The van der Waals surface area contributed by atoms with Crippen molar-refractivity contribution in [2.45, 2.75) is 77.2 Å². The number of likely N-dealkylation sites (tertiary alicyclic amines) is 1. The molecule has 2 atom stereocenters. The summed E-state index contributed by atoms with van der Waals surface area (Å²) in [5.74, 6) is 1.55. The summed E-state index contributed by atoms with van der Waals surface area (Å²) in [5.41, 5.74) is -0.319. The number of hydrogen-bond donors (Lipinski definition) is 0. The third-order valence-corrected chi connectivity index (χ3v) is 5.98. The monoisotopic (exact) mass is 321 g/mol. The maximum absolute atomic E-state index is 12.8. The van der Waals surface area contributed by atoms with E-state index in [9.17, 15) is 9.59 Å². The van der Waals surface area contributed by atoms with Gasteiger partial charge in [-0.15, -0.1) is 0 Å². The highest BCUT2D eigenvalue weighted by Gasteiger charge is 2.45. The lowest BCUT2D eigenvalue weighted by atomic mass is 9.70. The summed E-state index contributed by atoms with van der Waals surface area (Å²) in [5, 5.41) is 0. The number of nitrogens with zero attached hydrogens (tertiary/aromatic N) is 1. The second-order valence-electron chi connectivity index (χ2n) is 8.23. The summed E-state index contributed by atoms with van der Waals surface area (Å²) in [6, 6.07) is 0. The van der Waals surface area contributed by atoms with Crippen molar-refractivity contribution >= 4 is 11.9 Å². The third-order valence-electron chi connectivity index (χ3n) is 5.98. The second-order valence-corrected chi connectivity index (χ2v) is 8.23. The Labute approximate surface area is 139 Å². The predicted octanol–water partition coefficient (Wildman–Crippen LogP) is 3.54. The van der Waals surface area contributed by atoms with Crippen LogP contribution in [0.4, 0.5) is 0 Å². The lowest BCUT2D eigenvalue weighted by Gasteiger charge is -2.48. The molecular formula is C19H31NO3. The molecule has 0 aromatic carbocycles. The molecule has 3 rings (SSSR count). The van der Waals surface area contributed by atoms with E-state index in [1.165, 1.54) is 25.7 Å². The van der Waals surface area contributed by atoms with E-state index in [0.29, 0.717) is 24.2 Å². The van der Waals surface area contributed by atoms with Crippen molar-refractivity contribution < 1.29 is 14.3 Å². The number of piperidine rings is 1. The molecule has 4 nitrogen and oxygen atoms in total. The number of rotatable bonds is 3. The molecular weight excluding hydrogens is 290 g/mol. The average molecular weight is 321 g/mol. The minimum atomic E-state index is -0.319. The number of amides is 1. The Morgan fingerprint density at radius 1 is 1.09 bits per heavy atom. The first-order valence-corrected chi connectivity index (χ1v) is 9.49. The van der Waals surface area contributed by atoms with E-state index < -0.39 is 0 Å². The second kappa shape index (κ2) is 6.82. The quantitative estimate of drug-likeness (QED) is 0.747. The lowest BCUT2D eigenvalue weighted by Crippen LogP contribution is -2.53. The van der Waals surface area contributed by atoms with Gasteiger partial charge in [0.05, 0.1) is 0 Å². The zero-order valence-electron chi connectivity index (χ0n) is 14.7. The fourth-order valence-corrected chi connectivity index (χ4v) is 5.14. The van der Waals surface area contributed by atoms with Crippen LogP contribution in [-0.2, 0) is 14.3 Å². The van der Waals surface area contributed by atoms with Crippen molar-refractivity contribution in [1.82, 2.24) is 4.90 Å². The Bertz CT molecular complexity index is 442. The molecule has 2 saturated carbocycles. The van der Waals surface area contributed by atoms with E-state index in [1.807, 2.05) is 6.92 Å². The van der Waals surface area contributed by atoms with Gasteiger partial charge in [-0.3, -0.25) is 9.59 Å². The number of fused-ring (bicyclic) bond motifs is 2. The van der Waals surface area contributed by atoms with Crippen LogP contribution in [0.3, 0.4) is 0 Å². The van der Waals surface area contributed by atoms with Gasteiger partial charge in [0, 0.05) is 25.4 Å². The van der Waals surface area contributed by atoms with Crippen LogP contribution in [-0.4, -0.2) is 35.5 Å². The maximum atomic E-state index is 12.8. The number of ether oxygens (including phenoxy) is 1. The molecule has 0 aromatic rings. The van der Waals surface area contributed by atoms with Gasteiger partial charge in [-0.05, 0) is 50.9 Å². The minimum Gasteiger partial charge on any atom is -0.459 e. The van der Waals surface area contributed by atoms with Crippen molar-refractivity contribution in [1.29, 1.82) is 0 Å². The Morgan fingerprint density at radius 3 is 2.26 bits per heavy atom. The molecule has 0 aromatic heterocycles. The Morgan fingerprint density at radius 2 is 1.70 bits per heavy atom. The van der Waals surface area contributed by atoms with Gasteiger partial charge < -0.3 is 9.64 Å². The number of hydrogen-bond acceptors (Lipinski definition) is 3. The van der Waals surface area contributed by atoms with E-state index in [1.54, 1.807) is 0 Å². The lowest BCUT2D eigenvalue weighted by molar-refractivity contribution is -0.169. The van der Waals surface area contributed by atoms with Crippen molar-refractivity contribution in [3.8, 4) is 0 Å². The Hall–Kier alpha value is -1.06. The van der Waals surface area contributed by atoms with Crippen molar-refractivity contribution in [2.75, 3.05) is 13.1 Å². The van der Waals surface area contributed by atoms with Crippen molar-refractivity contribution in [3.05, 3.63) is 0 Å². The fraction of sp³-hybridized carbons (Fsp3) is 0.895. The topological polar surface area (TPSA) is 46.6 Å².